The fourth-order valence-corrected chi connectivity index (χ4v) is 3.06. The molecule has 2 N–H and O–H groups in total. The SMILES string of the molecule is C[C@H]1N[C@@H](C(=O)NCc2cc(-c3cnc(C(F)(F)F)nc3)ccc2C#N)C[C@H]1F. The molecule has 1 amide bonds. The summed E-state index contributed by atoms with van der Waals surface area (Å²) in [5.74, 6) is -1.63. The largest absolute Gasteiger partial charge is 0.451 e. The van der Waals surface area contributed by atoms with Gasteiger partial charge in [-0.3, -0.25) is 4.79 Å². The quantitative estimate of drug-likeness (QED) is 0.761. The van der Waals surface area contributed by atoms with Crippen LogP contribution in [-0.2, 0) is 17.5 Å². The standard InChI is InChI=1S/C19H17F4N5O/c1-10-15(20)5-16(28-10)17(29)25-7-13-4-11(2-3-12(13)6-24)14-8-26-18(27-9-14)19(21,22)23/h2-4,8-10,15-16,28H,5,7H2,1H3,(H,25,29)/t10-,15-,16-/m1/s1. The smallest absolute Gasteiger partial charge is 0.351 e. The van der Waals surface area contributed by atoms with E-state index in [0.29, 0.717) is 22.3 Å². The maximum absolute atomic E-state index is 13.6. The molecule has 0 saturated carbocycles. The van der Waals surface area contributed by atoms with Crippen LogP contribution in [0.25, 0.3) is 11.1 Å². The number of nitrogens with zero attached hydrogens (tertiary/aromatic N) is 3. The van der Waals surface area contributed by atoms with Gasteiger partial charge in [0.25, 0.3) is 0 Å². The van der Waals surface area contributed by atoms with Gasteiger partial charge in [0.1, 0.15) is 6.17 Å². The van der Waals surface area contributed by atoms with E-state index in [2.05, 4.69) is 20.6 Å². The molecule has 10 heteroatoms. The molecule has 3 atom stereocenters. The highest BCUT2D eigenvalue weighted by atomic mass is 19.4. The Balaban J connectivity index is 1.76. The highest BCUT2D eigenvalue weighted by molar-refractivity contribution is 5.82. The van der Waals surface area contributed by atoms with Crippen LogP contribution in [0.15, 0.2) is 30.6 Å². The first-order chi connectivity index (χ1) is 13.7. The van der Waals surface area contributed by atoms with E-state index in [4.69, 9.17) is 0 Å². The molecule has 1 aliphatic rings. The Labute approximate surface area is 164 Å². The van der Waals surface area contributed by atoms with Gasteiger partial charge in [-0.2, -0.15) is 18.4 Å². The summed E-state index contributed by atoms with van der Waals surface area (Å²) in [5, 5.41) is 14.8. The summed E-state index contributed by atoms with van der Waals surface area (Å²) in [6.07, 6.45) is -3.58. The third kappa shape index (κ3) is 4.68. The minimum absolute atomic E-state index is 0.0145. The molecule has 1 fully saturated rings. The van der Waals surface area contributed by atoms with Gasteiger partial charge in [0.15, 0.2) is 0 Å². The van der Waals surface area contributed by atoms with Crippen molar-refractivity contribution in [2.75, 3.05) is 0 Å². The van der Waals surface area contributed by atoms with Gasteiger partial charge in [0.05, 0.1) is 17.7 Å². The van der Waals surface area contributed by atoms with Crippen LogP contribution < -0.4 is 10.6 Å². The molecule has 1 aromatic heterocycles. The number of halogens is 4. The summed E-state index contributed by atoms with van der Waals surface area (Å²) >= 11 is 0. The average molecular weight is 407 g/mol. The van der Waals surface area contributed by atoms with E-state index in [-0.39, 0.29) is 18.9 Å². The molecule has 1 saturated heterocycles. The Kier molecular flexibility index (Phi) is 5.79. The van der Waals surface area contributed by atoms with Gasteiger partial charge in [-0.15, -0.1) is 0 Å². The Morgan fingerprint density at radius 2 is 2.00 bits per heavy atom. The predicted octanol–water partition coefficient (Wildman–Crippen LogP) is 2.74. The second kappa shape index (κ2) is 8.13. The lowest BCUT2D eigenvalue weighted by atomic mass is 10.0. The van der Waals surface area contributed by atoms with E-state index in [9.17, 15) is 27.6 Å². The fraction of sp³-hybridized carbons (Fsp3) is 0.368. The van der Waals surface area contributed by atoms with Crippen LogP contribution in [0.3, 0.4) is 0 Å². The van der Waals surface area contributed by atoms with Crippen molar-refractivity contribution in [3.8, 4) is 17.2 Å². The first kappa shape index (κ1) is 20.7. The molecule has 6 nitrogen and oxygen atoms in total. The van der Waals surface area contributed by atoms with Crippen molar-refractivity contribution in [3.63, 3.8) is 0 Å². The first-order valence-corrected chi connectivity index (χ1v) is 8.79. The van der Waals surface area contributed by atoms with Gasteiger partial charge in [-0.25, -0.2) is 14.4 Å². The maximum atomic E-state index is 13.6. The molecule has 1 aliphatic heterocycles. The van der Waals surface area contributed by atoms with Crippen LogP contribution in [-0.4, -0.2) is 34.1 Å². The molecule has 0 radical (unpaired) electrons. The number of amides is 1. The van der Waals surface area contributed by atoms with Crippen LogP contribution in [0, 0.1) is 11.3 Å². The van der Waals surface area contributed by atoms with Crippen molar-refractivity contribution >= 4 is 5.91 Å². The van der Waals surface area contributed by atoms with Crippen LogP contribution >= 0.6 is 0 Å². The molecule has 0 aliphatic carbocycles. The fourth-order valence-electron chi connectivity index (χ4n) is 3.06. The summed E-state index contributed by atoms with van der Waals surface area (Å²) in [6, 6.07) is 5.57. The van der Waals surface area contributed by atoms with Crippen molar-refractivity contribution in [2.24, 2.45) is 0 Å². The van der Waals surface area contributed by atoms with E-state index >= 15 is 0 Å². The minimum Gasteiger partial charge on any atom is -0.351 e. The lowest BCUT2D eigenvalue weighted by Crippen LogP contribution is -2.42. The molecule has 29 heavy (non-hydrogen) atoms. The Morgan fingerprint density at radius 3 is 2.55 bits per heavy atom. The summed E-state index contributed by atoms with van der Waals surface area (Å²) in [4.78, 5) is 18.9. The predicted molar refractivity (Wildman–Crippen MR) is 94.9 cm³/mol. The number of alkyl halides is 4. The van der Waals surface area contributed by atoms with Gasteiger partial charge >= 0.3 is 6.18 Å². The molecule has 2 aromatic rings. The molecule has 152 valence electrons. The van der Waals surface area contributed by atoms with Crippen molar-refractivity contribution in [1.29, 1.82) is 5.26 Å². The number of hydrogen-bond donors (Lipinski definition) is 2. The zero-order valence-corrected chi connectivity index (χ0v) is 15.3. The van der Waals surface area contributed by atoms with Crippen molar-refractivity contribution in [2.45, 2.75) is 44.3 Å². The van der Waals surface area contributed by atoms with Crippen molar-refractivity contribution < 1.29 is 22.4 Å². The molecular formula is C19H17F4N5O. The van der Waals surface area contributed by atoms with Crippen LogP contribution in [0.4, 0.5) is 17.6 Å². The van der Waals surface area contributed by atoms with Gasteiger partial charge in [-0.05, 0) is 30.2 Å². The van der Waals surface area contributed by atoms with Crippen LogP contribution in [0.2, 0.25) is 0 Å². The van der Waals surface area contributed by atoms with Gasteiger partial charge < -0.3 is 10.6 Å². The number of carbonyl (C=O) groups excluding carboxylic acids is 1. The summed E-state index contributed by atoms with van der Waals surface area (Å²) in [7, 11) is 0. The van der Waals surface area contributed by atoms with Gasteiger partial charge in [0.2, 0.25) is 11.7 Å². The number of nitrogens with one attached hydrogen (secondary N) is 2. The highest BCUT2D eigenvalue weighted by Crippen LogP contribution is 2.27. The number of rotatable bonds is 4. The summed E-state index contributed by atoms with van der Waals surface area (Å²) in [6.45, 7) is 1.67. The monoisotopic (exact) mass is 407 g/mol. The summed E-state index contributed by atoms with van der Waals surface area (Å²) < 4.78 is 51.4. The third-order valence-electron chi connectivity index (χ3n) is 4.70. The van der Waals surface area contributed by atoms with Gasteiger partial charge in [0, 0.05) is 37.0 Å². The number of hydrogen-bond acceptors (Lipinski definition) is 5. The second-order valence-electron chi connectivity index (χ2n) is 6.75. The molecule has 0 spiro atoms. The molecule has 2 heterocycles. The van der Waals surface area contributed by atoms with E-state index in [1.807, 2.05) is 6.07 Å². The Morgan fingerprint density at radius 1 is 1.31 bits per heavy atom. The number of benzene rings is 1. The molecule has 1 aromatic carbocycles. The lowest BCUT2D eigenvalue weighted by Gasteiger charge is -2.13. The van der Waals surface area contributed by atoms with Crippen LogP contribution in [0.1, 0.15) is 30.3 Å². The first-order valence-electron chi connectivity index (χ1n) is 8.79. The van der Waals surface area contributed by atoms with Gasteiger partial charge in [-0.1, -0.05) is 6.07 Å². The van der Waals surface area contributed by atoms with Crippen molar-refractivity contribution in [1.82, 2.24) is 20.6 Å². The molecule has 0 unspecified atom stereocenters. The number of carbonyl (C=O) groups is 1. The molecular weight excluding hydrogens is 390 g/mol. The van der Waals surface area contributed by atoms with E-state index in [1.54, 1.807) is 19.1 Å². The molecule has 3 rings (SSSR count). The van der Waals surface area contributed by atoms with Crippen molar-refractivity contribution in [3.05, 3.63) is 47.5 Å². The van der Waals surface area contributed by atoms with E-state index in [0.717, 1.165) is 12.4 Å². The Hall–Kier alpha value is -3.06. The van der Waals surface area contributed by atoms with Crippen LogP contribution in [0.5, 0.6) is 0 Å². The Bertz CT molecular complexity index is 929. The third-order valence-corrected chi connectivity index (χ3v) is 4.70. The minimum atomic E-state index is -4.64. The zero-order valence-electron chi connectivity index (χ0n) is 15.3. The van der Waals surface area contributed by atoms with E-state index in [1.165, 1.54) is 6.07 Å². The topological polar surface area (TPSA) is 90.7 Å². The number of nitriles is 1. The normalized spacial score (nSPS) is 21.6. The zero-order chi connectivity index (χ0) is 21.2. The average Bonchev–Trinajstić information content (AvgIpc) is 3.04. The second-order valence-corrected chi connectivity index (χ2v) is 6.75. The number of aromatic nitrogens is 2. The van der Waals surface area contributed by atoms with E-state index < -0.39 is 30.3 Å². The molecule has 0 bridgehead atoms. The lowest BCUT2D eigenvalue weighted by molar-refractivity contribution is -0.145. The maximum Gasteiger partial charge on any atom is 0.451 e. The summed E-state index contributed by atoms with van der Waals surface area (Å²) in [5.41, 5.74) is 1.61. The highest BCUT2D eigenvalue weighted by Gasteiger charge is 2.35.